The molecule has 0 saturated carbocycles. The van der Waals surface area contributed by atoms with Crippen molar-refractivity contribution in [1.82, 2.24) is 5.01 Å². The number of carbonyl (C=O) groups excluding carboxylic acids is 1. The number of fused-ring (bicyclic) bond motifs is 1. The summed E-state index contributed by atoms with van der Waals surface area (Å²) >= 11 is 0. The second kappa shape index (κ2) is 10.3. The predicted octanol–water partition coefficient (Wildman–Crippen LogP) is 3.87. The Morgan fingerprint density at radius 2 is 1.73 bits per heavy atom. The minimum Gasteiger partial charge on any atom is -0.493 e. The quantitative estimate of drug-likeness (QED) is 0.667. The number of ether oxygens (including phenoxy) is 3. The van der Waals surface area contributed by atoms with E-state index in [0.29, 0.717) is 24.3 Å². The largest absolute Gasteiger partial charge is 0.493 e. The molecule has 1 amide bonds. The number of methoxy groups -OCH3 is 2. The number of morpholine rings is 1. The summed E-state index contributed by atoms with van der Waals surface area (Å²) in [6.07, 6.45) is 1.93. The van der Waals surface area contributed by atoms with E-state index in [0.717, 1.165) is 60.8 Å². The summed E-state index contributed by atoms with van der Waals surface area (Å²) in [7, 11) is 3.28. The number of hydrogen-bond donors (Lipinski definition) is 0. The molecular weight excluding hydrogens is 418 g/mol. The van der Waals surface area contributed by atoms with Gasteiger partial charge in [0.1, 0.15) is 0 Å². The number of anilines is 1. The molecule has 2 heterocycles. The fraction of sp³-hybridized carbons (Fsp3) is 0.462. The van der Waals surface area contributed by atoms with Crippen molar-refractivity contribution in [3.63, 3.8) is 0 Å². The lowest BCUT2D eigenvalue weighted by Crippen LogP contribution is -2.36. The molecule has 0 aliphatic carbocycles. The highest BCUT2D eigenvalue weighted by Crippen LogP contribution is 2.35. The van der Waals surface area contributed by atoms with E-state index >= 15 is 0 Å². The van der Waals surface area contributed by atoms with E-state index in [1.807, 2.05) is 19.1 Å². The third-order valence-electron chi connectivity index (χ3n) is 6.42. The summed E-state index contributed by atoms with van der Waals surface area (Å²) in [5, 5.41) is 6.64. The Labute approximate surface area is 195 Å². The Kier molecular flexibility index (Phi) is 7.18. The molecule has 1 atom stereocenters. The van der Waals surface area contributed by atoms with Crippen molar-refractivity contribution in [2.75, 3.05) is 45.4 Å². The maximum absolute atomic E-state index is 12.9. The number of hydrazone groups is 1. The molecule has 1 saturated heterocycles. The molecule has 0 spiro atoms. The molecule has 1 unspecified atom stereocenters. The molecule has 33 heavy (non-hydrogen) atoms. The van der Waals surface area contributed by atoms with E-state index < -0.39 is 0 Å². The van der Waals surface area contributed by atoms with Gasteiger partial charge in [0.15, 0.2) is 11.5 Å². The molecule has 176 valence electrons. The first-order valence-electron chi connectivity index (χ1n) is 11.7. The van der Waals surface area contributed by atoms with Gasteiger partial charge in [-0.1, -0.05) is 26.0 Å². The molecule has 0 aromatic heterocycles. The van der Waals surface area contributed by atoms with Crippen molar-refractivity contribution >= 4 is 17.3 Å². The third kappa shape index (κ3) is 4.69. The standard InChI is InChI=1S/C26H33N3O4/c1-5-20-15-19-16-23(31-3)24(32-4)17-22(19)26(27-29(20)25(30)6-2)18-7-9-21(10-8-18)28-11-13-33-14-12-28/h7-10,16-17,20H,5-6,11-15H2,1-4H3. The highest BCUT2D eigenvalue weighted by molar-refractivity contribution is 6.14. The van der Waals surface area contributed by atoms with Crippen LogP contribution < -0.4 is 14.4 Å². The average Bonchev–Trinajstić information content (AvgIpc) is 3.04. The van der Waals surface area contributed by atoms with Gasteiger partial charge in [0.05, 0.1) is 39.2 Å². The first-order chi connectivity index (χ1) is 16.1. The number of benzene rings is 2. The van der Waals surface area contributed by atoms with Crippen LogP contribution in [0.5, 0.6) is 11.5 Å². The molecule has 0 bridgehead atoms. The predicted molar refractivity (Wildman–Crippen MR) is 130 cm³/mol. The van der Waals surface area contributed by atoms with Gasteiger partial charge in [-0.2, -0.15) is 5.10 Å². The lowest BCUT2D eigenvalue weighted by molar-refractivity contribution is -0.133. The van der Waals surface area contributed by atoms with E-state index in [9.17, 15) is 4.79 Å². The van der Waals surface area contributed by atoms with Crippen molar-refractivity contribution < 1.29 is 19.0 Å². The van der Waals surface area contributed by atoms with Crippen LogP contribution in [0.1, 0.15) is 43.4 Å². The second-order valence-electron chi connectivity index (χ2n) is 8.32. The van der Waals surface area contributed by atoms with Crippen molar-refractivity contribution in [2.45, 2.75) is 39.2 Å². The average molecular weight is 452 g/mol. The molecule has 2 aromatic rings. The Bertz CT molecular complexity index is 1010. The van der Waals surface area contributed by atoms with Crippen molar-refractivity contribution in [1.29, 1.82) is 0 Å². The number of hydrogen-bond acceptors (Lipinski definition) is 6. The minimum absolute atomic E-state index is 0.0144. The van der Waals surface area contributed by atoms with Crippen LogP contribution in [-0.4, -0.2) is 63.2 Å². The molecule has 0 radical (unpaired) electrons. The number of amides is 1. The Morgan fingerprint density at radius 1 is 1.06 bits per heavy atom. The molecule has 7 nitrogen and oxygen atoms in total. The molecular formula is C26H33N3O4. The van der Waals surface area contributed by atoms with Crippen LogP contribution in [-0.2, 0) is 16.0 Å². The van der Waals surface area contributed by atoms with Gasteiger partial charge >= 0.3 is 0 Å². The number of rotatable bonds is 6. The lowest BCUT2D eigenvalue weighted by Gasteiger charge is -2.29. The Morgan fingerprint density at radius 3 is 2.33 bits per heavy atom. The van der Waals surface area contributed by atoms with Crippen LogP contribution in [0.2, 0.25) is 0 Å². The highest BCUT2D eigenvalue weighted by atomic mass is 16.5. The molecule has 2 aromatic carbocycles. The molecule has 0 N–H and O–H groups in total. The van der Waals surface area contributed by atoms with E-state index in [1.165, 1.54) is 0 Å². The highest BCUT2D eigenvalue weighted by Gasteiger charge is 2.29. The zero-order chi connectivity index (χ0) is 23.4. The van der Waals surface area contributed by atoms with Gasteiger partial charge in [0.2, 0.25) is 5.91 Å². The summed E-state index contributed by atoms with van der Waals surface area (Å²) in [6.45, 7) is 7.24. The maximum atomic E-state index is 12.9. The molecule has 2 aliphatic heterocycles. The summed E-state index contributed by atoms with van der Waals surface area (Å²) in [4.78, 5) is 15.2. The fourth-order valence-electron chi connectivity index (χ4n) is 4.50. The van der Waals surface area contributed by atoms with Gasteiger partial charge in [0, 0.05) is 36.3 Å². The lowest BCUT2D eigenvalue weighted by atomic mass is 9.93. The maximum Gasteiger partial charge on any atom is 0.242 e. The van der Waals surface area contributed by atoms with Gasteiger partial charge in [0.25, 0.3) is 0 Å². The van der Waals surface area contributed by atoms with Crippen molar-refractivity contribution in [3.05, 3.63) is 53.1 Å². The van der Waals surface area contributed by atoms with Gasteiger partial charge in [-0.15, -0.1) is 0 Å². The SMILES string of the molecule is CCC(=O)N1N=C(c2ccc(N3CCOCC3)cc2)c2cc(OC)c(OC)cc2CC1CC. The summed E-state index contributed by atoms with van der Waals surface area (Å²) in [5.74, 6) is 1.36. The van der Waals surface area contributed by atoms with E-state index in [2.05, 4.69) is 36.1 Å². The van der Waals surface area contributed by atoms with Crippen LogP contribution >= 0.6 is 0 Å². The topological polar surface area (TPSA) is 63.6 Å². The first-order valence-corrected chi connectivity index (χ1v) is 11.7. The summed E-state index contributed by atoms with van der Waals surface area (Å²) < 4.78 is 16.6. The fourth-order valence-corrected chi connectivity index (χ4v) is 4.50. The molecule has 2 aliphatic rings. The smallest absolute Gasteiger partial charge is 0.242 e. The molecule has 4 rings (SSSR count). The molecule has 7 heteroatoms. The monoisotopic (exact) mass is 451 g/mol. The number of nitrogens with zero attached hydrogens (tertiary/aromatic N) is 3. The summed E-state index contributed by atoms with van der Waals surface area (Å²) in [6, 6.07) is 12.4. The number of carbonyl (C=O) groups is 1. The summed E-state index contributed by atoms with van der Waals surface area (Å²) in [5.41, 5.74) is 4.97. The van der Waals surface area contributed by atoms with Gasteiger partial charge in [-0.3, -0.25) is 4.79 Å². The Balaban J connectivity index is 1.82. The van der Waals surface area contributed by atoms with Crippen molar-refractivity contribution in [2.24, 2.45) is 5.10 Å². The van der Waals surface area contributed by atoms with E-state index in [1.54, 1.807) is 19.2 Å². The van der Waals surface area contributed by atoms with Crippen LogP contribution in [0.15, 0.2) is 41.5 Å². The van der Waals surface area contributed by atoms with E-state index in [4.69, 9.17) is 19.3 Å². The first kappa shape index (κ1) is 23.1. The van der Waals surface area contributed by atoms with Gasteiger partial charge in [-0.05, 0) is 42.7 Å². The second-order valence-corrected chi connectivity index (χ2v) is 8.32. The van der Waals surface area contributed by atoms with Crippen LogP contribution in [0.4, 0.5) is 5.69 Å². The third-order valence-corrected chi connectivity index (χ3v) is 6.42. The van der Waals surface area contributed by atoms with Crippen LogP contribution in [0.3, 0.4) is 0 Å². The van der Waals surface area contributed by atoms with Crippen LogP contribution in [0, 0.1) is 0 Å². The normalized spacial score (nSPS) is 18.3. The Hall–Kier alpha value is -3.06. The van der Waals surface area contributed by atoms with Crippen LogP contribution in [0.25, 0.3) is 0 Å². The zero-order valence-electron chi connectivity index (χ0n) is 20.0. The zero-order valence-corrected chi connectivity index (χ0v) is 20.0. The van der Waals surface area contributed by atoms with Gasteiger partial charge < -0.3 is 19.1 Å². The van der Waals surface area contributed by atoms with Crippen molar-refractivity contribution in [3.8, 4) is 11.5 Å². The van der Waals surface area contributed by atoms with E-state index in [-0.39, 0.29) is 11.9 Å². The minimum atomic E-state index is -0.0144. The molecule has 1 fully saturated rings. The van der Waals surface area contributed by atoms with Gasteiger partial charge in [-0.25, -0.2) is 5.01 Å².